The van der Waals surface area contributed by atoms with Crippen LogP contribution in [0.4, 0.5) is 13.2 Å². The van der Waals surface area contributed by atoms with E-state index < -0.39 is 12.6 Å². The highest BCUT2D eigenvalue weighted by Crippen LogP contribution is 2.25. The lowest BCUT2D eigenvalue weighted by Gasteiger charge is -2.14. The molecule has 1 rings (SSSR count). The Morgan fingerprint density at radius 1 is 1.30 bits per heavy atom. The van der Waals surface area contributed by atoms with Crippen LogP contribution in [0.5, 0.6) is 5.75 Å². The standard InChI is InChI=1S/C14H19ClF3NO/c1-10(2)8-19-9-11-7-12(15)3-4-13(11)20-6-5-14(16,17)18/h3-4,7,10,19H,5-6,8-9H2,1-2H3. The van der Waals surface area contributed by atoms with Crippen LogP contribution in [-0.2, 0) is 6.54 Å². The molecule has 0 heterocycles. The first-order valence-electron chi connectivity index (χ1n) is 6.46. The van der Waals surface area contributed by atoms with Crippen molar-refractivity contribution < 1.29 is 17.9 Å². The second-order valence-corrected chi connectivity index (χ2v) is 5.43. The van der Waals surface area contributed by atoms with Gasteiger partial charge in [-0.1, -0.05) is 25.4 Å². The van der Waals surface area contributed by atoms with Crippen LogP contribution >= 0.6 is 11.6 Å². The van der Waals surface area contributed by atoms with Crippen molar-refractivity contribution in [1.29, 1.82) is 0 Å². The molecule has 0 saturated heterocycles. The first kappa shape index (κ1) is 17.1. The van der Waals surface area contributed by atoms with Gasteiger partial charge in [-0.15, -0.1) is 0 Å². The summed E-state index contributed by atoms with van der Waals surface area (Å²) in [5.41, 5.74) is 0.764. The third kappa shape index (κ3) is 7.01. The Hall–Kier alpha value is -0.940. The number of rotatable bonds is 7. The highest BCUT2D eigenvalue weighted by Gasteiger charge is 2.27. The molecule has 0 saturated carbocycles. The van der Waals surface area contributed by atoms with Gasteiger partial charge in [-0.05, 0) is 30.7 Å². The molecular weight excluding hydrogens is 291 g/mol. The summed E-state index contributed by atoms with van der Waals surface area (Å²) >= 11 is 5.90. The second-order valence-electron chi connectivity index (χ2n) is 4.99. The van der Waals surface area contributed by atoms with Gasteiger partial charge in [-0.25, -0.2) is 0 Å². The maximum absolute atomic E-state index is 12.1. The van der Waals surface area contributed by atoms with Crippen molar-refractivity contribution in [1.82, 2.24) is 5.32 Å². The fourth-order valence-corrected chi connectivity index (χ4v) is 1.79. The zero-order valence-electron chi connectivity index (χ0n) is 11.6. The van der Waals surface area contributed by atoms with Crippen LogP contribution in [0, 0.1) is 5.92 Å². The molecule has 0 atom stereocenters. The number of hydrogen-bond acceptors (Lipinski definition) is 2. The van der Waals surface area contributed by atoms with Gasteiger partial charge in [0.25, 0.3) is 0 Å². The van der Waals surface area contributed by atoms with E-state index in [9.17, 15) is 13.2 Å². The average molecular weight is 310 g/mol. The number of hydrogen-bond donors (Lipinski definition) is 1. The second kappa shape index (κ2) is 7.74. The average Bonchev–Trinajstić information content (AvgIpc) is 2.30. The number of halogens is 4. The summed E-state index contributed by atoms with van der Waals surface area (Å²) in [6, 6.07) is 4.92. The highest BCUT2D eigenvalue weighted by molar-refractivity contribution is 6.30. The zero-order chi connectivity index (χ0) is 15.2. The first-order valence-corrected chi connectivity index (χ1v) is 6.84. The van der Waals surface area contributed by atoms with E-state index in [1.165, 1.54) is 0 Å². The number of ether oxygens (including phenoxy) is 1. The topological polar surface area (TPSA) is 21.3 Å². The highest BCUT2D eigenvalue weighted by atomic mass is 35.5. The molecule has 2 nitrogen and oxygen atoms in total. The summed E-state index contributed by atoms with van der Waals surface area (Å²) in [5, 5.41) is 3.75. The molecule has 0 bridgehead atoms. The van der Waals surface area contributed by atoms with E-state index in [-0.39, 0.29) is 6.61 Å². The zero-order valence-corrected chi connectivity index (χ0v) is 12.3. The van der Waals surface area contributed by atoms with E-state index >= 15 is 0 Å². The molecule has 1 aromatic rings. The van der Waals surface area contributed by atoms with Crippen LogP contribution in [0.2, 0.25) is 5.02 Å². The van der Waals surface area contributed by atoms with E-state index in [0.29, 0.717) is 23.2 Å². The summed E-state index contributed by atoms with van der Waals surface area (Å²) in [6.45, 7) is 5.09. The van der Waals surface area contributed by atoms with E-state index in [2.05, 4.69) is 19.2 Å². The lowest BCUT2D eigenvalue weighted by molar-refractivity contribution is -0.139. The molecule has 6 heteroatoms. The Kier molecular flexibility index (Phi) is 6.62. The molecule has 1 aromatic carbocycles. The van der Waals surface area contributed by atoms with Crippen LogP contribution in [0.3, 0.4) is 0 Å². The number of alkyl halides is 3. The van der Waals surface area contributed by atoms with Gasteiger partial charge < -0.3 is 10.1 Å². The molecule has 0 amide bonds. The maximum Gasteiger partial charge on any atom is 0.392 e. The Bertz CT molecular complexity index is 421. The van der Waals surface area contributed by atoms with Gasteiger partial charge in [0, 0.05) is 17.1 Å². The number of benzene rings is 1. The summed E-state index contributed by atoms with van der Waals surface area (Å²) in [4.78, 5) is 0. The van der Waals surface area contributed by atoms with Crippen LogP contribution in [0.15, 0.2) is 18.2 Å². The summed E-state index contributed by atoms with van der Waals surface area (Å²) in [7, 11) is 0. The Morgan fingerprint density at radius 3 is 2.60 bits per heavy atom. The van der Waals surface area contributed by atoms with Gasteiger partial charge in [-0.3, -0.25) is 0 Å². The molecular formula is C14H19ClF3NO. The molecule has 0 fully saturated rings. The minimum atomic E-state index is -4.21. The van der Waals surface area contributed by atoms with Crippen molar-refractivity contribution in [2.24, 2.45) is 5.92 Å². The van der Waals surface area contributed by atoms with Gasteiger partial charge in [0.15, 0.2) is 0 Å². The Labute approximate surface area is 122 Å². The first-order chi connectivity index (χ1) is 9.28. The molecule has 114 valence electrons. The number of nitrogens with one attached hydrogen (secondary N) is 1. The van der Waals surface area contributed by atoms with Crippen molar-refractivity contribution in [2.45, 2.75) is 33.0 Å². The fraction of sp³-hybridized carbons (Fsp3) is 0.571. The van der Waals surface area contributed by atoms with Crippen molar-refractivity contribution in [3.05, 3.63) is 28.8 Å². The summed E-state index contributed by atoms with van der Waals surface area (Å²) in [6.07, 6.45) is -5.17. The van der Waals surface area contributed by atoms with E-state index in [1.54, 1.807) is 18.2 Å². The maximum atomic E-state index is 12.1. The lowest BCUT2D eigenvalue weighted by atomic mass is 10.2. The third-order valence-electron chi connectivity index (χ3n) is 2.53. The minimum Gasteiger partial charge on any atom is -0.493 e. The van der Waals surface area contributed by atoms with Crippen molar-refractivity contribution in [3.63, 3.8) is 0 Å². The van der Waals surface area contributed by atoms with Crippen molar-refractivity contribution >= 4 is 11.6 Å². The molecule has 1 N–H and O–H groups in total. The lowest BCUT2D eigenvalue weighted by Crippen LogP contribution is -2.20. The van der Waals surface area contributed by atoms with Gasteiger partial charge >= 0.3 is 6.18 Å². The quantitative estimate of drug-likeness (QED) is 0.805. The predicted molar refractivity (Wildman–Crippen MR) is 74.2 cm³/mol. The van der Waals surface area contributed by atoms with Gasteiger partial charge in [0.1, 0.15) is 5.75 Å². The van der Waals surface area contributed by atoms with Gasteiger partial charge in [0.2, 0.25) is 0 Å². The molecule has 0 radical (unpaired) electrons. The van der Waals surface area contributed by atoms with Crippen LogP contribution in [0.1, 0.15) is 25.8 Å². The van der Waals surface area contributed by atoms with Crippen molar-refractivity contribution in [3.8, 4) is 5.75 Å². The SMILES string of the molecule is CC(C)CNCc1cc(Cl)ccc1OCCC(F)(F)F. The largest absolute Gasteiger partial charge is 0.493 e. The molecule has 0 aromatic heterocycles. The molecule has 0 aliphatic rings. The van der Waals surface area contributed by atoms with Gasteiger partial charge in [-0.2, -0.15) is 13.2 Å². The summed E-state index contributed by atoms with van der Waals surface area (Å²) in [5.74, 6) is 0.929. The molecule has 0 unspecified atom stereocenters. The predicted octanol–water partition coefficient (Wildman–Crippen LogP) is 4.42. The van der Waals surface area contributed by atoms with Crippen LogP contribution in [-0.4, -0.2) is 19.3 Å². The van der Waals surface area contributed by atoms with E-state index in [4.69, 9.17) is 16.3 Å². The monoisotopic (exact) mass is 309 g/mol. The third-order valence-corrected chi connectivity index (χ3v) is 2.77. The molecule has 0 spiro atoms. The molecule has 0 aliphatic carbocycles. The summed E-state index contributed by atoms with van der Waals surface area (Å²) < 4.78 is 41.5. The normalized spacial score (nSPS) is 11.9. The van der Waals surface area contributed by atoms with Crippen LogP contribution < -0.4 is 10.1 Å². The van der Waals surface area contributed by atoms with Crippen molar-refractivity contribution in [2.75, 3.05) is 13.2 Å². The Balaban J connectivity index is 2.60. The Morgan fingerprint density at radius 2 is 2.00 bits per heavy atom. The van der Waals surface area contributed by atoms with Crippen LogP contribution in [0.25, 0.3) is 0 Å². The minimum absolute atomic E-state index is 0.387. The molecule has 0 aliphatic heterocycles. The molecule has 20 heavy (non-hydrogen) atoms. The van der Waals surface area contributed by atoms with Gasteiger partial charge in [0.05, 0.1) is 13.0 Å². The van der Waals surface area contributed by atoms with E-state index in [0.717, 1.165) is 12.1 Å². The fourth-order valence-electron chi connectivity index (χ4n) is 1.60. The smallest absolute Gasteiger partial charge is 0.392 e. The van der Waals surface area contributed by atoms with E-state index in [1.807, 2.05) is 0 Å².